The van der Waals surface area contributed by atoms with E-state index in [1.165, 1.54) is 0 Å². The highest BCUT2D eigenvalue weighted by atomic mass is 16.2. The van der Waals surface area contributed by atoms with Gasteiger partial charge >= 0.3 is 0 Å². The molecule has 0 heterocycles. The largest absolute Gasteiger partial charge is 0.306 e. The van der Waals surface area contributed by atoms with Crippen molar-refractivity contribution < 1.29 is 9.59 Å². The van der Waals surface area contributed by atoms with Gasteiger partial charge < -0.3 is 5.32 Å². The predicted molar refractivity (Wildman–Crippen MR) is 97.7 cm³/mol. The maximum Gasteiger partial charge on any atom is 0.278 e. The van der Waals surface area contributed by atoms with Crippen molar-refractivity contribution in [2.45, 2.75) is 0 Å². The highest BCUT2D eigenvalue weighted by Crippen LogP contribution is 2.06. The molecule has 0 spiro atoms. The first-order valence-corrected chi connectivity index (χ1v) is 7.84. The van der Waals surface area contributed by atoms with Crippen LogP contribution in [-0.2, 0) is 0 Å². The fourth-order valence-corrected chi connectivity index (χ4v) is 2.28. The second-order valence-electron chi connectivity index (χ2n) is 5.32. The molecule has 0 bridgehead atoms. The number of rotatable bonds is 3. The maximum atomic E-state index is 12.4. The number of hydrogen-bond acceptors (Lipinski definition) is 2. The van der Waals surface area contributed by atoms with Crippen LogP contribution < -0.4 is 5.32 Å². The van der Waals surface area contributed by atoms with E-state index in [2.05, 4.69) is 10.3 Å². The van der Waals surface area contributed by atoms with E-state index < -0.39 is 5.91 Å². The molecule has 0 atom stereocenters. The van der Waals surface area contributed by atoms with Gasteiger partial charge in [0.1, 0.15) is 5.84 Å². The summed E-state index contributed by atoms with van der Waals surface area (Å²) >= 11 is 0. The van der Waals surface area contributed by atoms with E-state index in [0.29, 0.717) is 16.7 Å². The zero-order chi connectivity index (χ0) is 17.5. The van der Waals surface area contributed by atoms with Gasteiger partial charge in [0.15, 0.2) is 0 Å². The lowest BCUT2D eigenvalue weighted by molar-refractivity contribution is 0.0977. The van der Waals surface area contributed by atoms with Gasteiger partial charge in [0.2, 0.25) is 0 Å². The van der Waals surface area contributed by atoms with Crippen molar-refractivity contribution in [1.29, 1.82) is 0 Å². The smallest absolute Gasteiger partial charge is 0.278 e. The molecule has 0 aromatic heterocycles. The molecule has 3 rings (SSSR count). The number of amidine groups is 1. The summed E-state index contributed by atoms with van der Waals surface area (Å²) in [6.07, 6.45) is 0. The van der Waals surface area contributed by atoms with Gasteiger partial charge in [-0.3, -0.25) is 9.59 Å². The molecular formula is C21H16N2O2. The van der Waals surface area contributed by atoms with E-state index in [9.17, 15) is 9.59 Å². The monoisotopic (exact) mass is 328 g/mol. The Balaban J connectivity index is 1.92. The highest BCUT2D eigenvalue weighted by molar-refractivity contribution is 6.17. The summed E-state index contributed by atoms with van der Waals surface area (Å²) in [4.78, 5) is 29.0. The third kappa shape index (κ3) is 4.26. The Bertz CT molecular complexity index is 889. The lowest BCUT2D eigenvalue weighted by Crippen LogP contribution is -2.32. The topological polar surface area (TPSA) is 58.5 Å². The van der Waals surface area contributed by atoms with Crippen LogP contribution in [0.25, 0.3) is 0 Å². The number of carbonyl (C=O) groups is 2. The zero-order valence-corrected chi connectivity index (χ0v) is 13.4. The van der Waals surface area contributed by atoms with Crippen LogP contribution in [0, 0.1) is 0 Å². The van der Waals surface area contributed by atoms with Gasteiger partial charge in [-0.05, 0) is 24.3 Å². The fraction of sp³-hybridized carbons (Fsp3) is 0. The van der Waals surface area contributed by atoms with E-state index in [1.54, 1.807) is 60.7 Å². The summed E-state index contributed by atoms with van der Waals surface area (Å²) in [5.74, 6) is -0.500. The molecule has 4 heteroatoms. The van der Waals surface area contributed by atoms with Crippen molar-refractivity contribution in [3.63, 3.8) is 0 Å². The van der Waals surface area contributed by atoms with Gasteiger partial charge in [-0.15, -0.1) is 0 Å². The first-order chi connectivity index (χ1) is 12.2. The number of hydrogen-bond donors (Lipinski definition) is 1. The summed E-state index contributed by atoms with van der Waals surface area (Å²) in [5, 5.41) is 2.74. The van der Waals surface area contributed by atoms with E-state index in [4.69, 9.17) is 0 Å². The second kappa shape index (κ2) is 7.84. The summed E-state index contributed by atoms with van der Waals surface area (Å²) in [6.45, 7) is 0. The Morgan fingerprint density at radius 1 is 0.600 bits per heavy atom. The lowest BCUT2D eigenvalue weighted by atomic mass is 10.1. The Labute approximate surface area is 145 Å². The van der Waals surface area contributed by atoms with Crippen molar-refractivity contribution in [3.05, 3.63) is 108 Å². The third-order valence-electron chi connectivity index (χ3n) is 3.55. The molecule has 2 amide bonds. The molecule has 0 fully saturated rings. The van der Waals surface area contributed by atoms with Crippen LogP contribution >= 0.6 is 0 Å². The molecule has 0 aliphatic rings. The van der Waals surface area contributed by atoms with Gasteiger partial charge in [0.25, 0.3) is 11.8 Å². The molecule has 4 nitrogen and oxygen atoms in total. The molecule has 0 aliphatic heterocycles. The van der Waals surface area contributed by atoms with Crippen LogP contribution in [0.1, 0.15) is 26.3 Å². The summed E-state index contributed by atoms with van der Waals surface area (Å²) < 4.78 is 0. The Kier molecular flexibility index (Phi) is 5.12. The number of carbonyl (C=O) groups excluding carboxylic acids is 2. The molecule has 0 unspecified atom stereocenters. The zero-order valence-electron chi connectivity index (χ0n) is 13.4. The van der Waals surface area contributed by atoms with Crippen molar-refractivity contribution in [2.24, 2.45) is 4.99 Å². The van der Waals surface area contributed by atoms with Crippen LogP contribution in [0.3, 0.4) is 0 Å². The van der Waals surface area contributed by atoms with Crippen LogP contribution in [0.15, 0.2) is 96.0 Å². The van der Waals surface area contributed by atoms with Crippen LogP contribution in [0.5, 0.6) is 0 Å². The average Bonchev–Trinajstić information content (AvgIpc) is 2.69. The number of nitrogens with zero attached hydrogens (tertiary/aromatic N) is 1. The third-order valence-corrected chi connectivity index (χ3v) is 3.55. The average molecular weight is 328 g/mol. The van der Waals surface area contributed by atoms with E-state index >= 15 is 0 Å². The molecule has 122 valence electrons. The molecule has 0 radical (unpaired) electrons. The number of benzene rings is 3. The van der Waals surface area contributed by atoms with Crippen molar-refractivity contribution in [1.82, 2.24) is 5.32 Å². The molecule has 1 N–H and O–H groups in total. The van der Waals surface area contributed by atoms with E-state index in [-0.39, 0.29) is 11.7 Å². The minimum Gasteiger partial charge on any atom is -0.306 e. The van der Waals surface area contributed by atoms with Crippen LogP contribution in [0.4, 0.5) is 0 Å². The fourth-order valence-electron chi connectivity index (χ4n) is 2.28. The standard InChI is InChI=1S/C21H16N2O2/c24-20(17-12-6-2-7-13-17)22-19(16-10-4-1-5-11-16)23-21(25)18-14-8-3-9-15-18/h1-15H,(H,22,23,24,25). The van der Waals surface area contributed by atoms with Crippen molar-refractivity contribution in [3.8, 4) is 0 Å². The number of nitrogens with one attached hydrogen (secondary N) is 1. The summed E-state index contributed by atoms with van der Waals surface area (Å²) in [6, 6.07) is 26.7. The SMILES string of the molecule is O=C(N=C(NC(=O)c1ccccc1)c1ccccc1)c1ccccc1. The molecule has 25 heavy (non-hydrogen) atoms. The maximum absolute atomic E-state index is 12.4. The lowest BCUT2D eigenvalue weighted by Gasteiger charge is -2.09. The minimum atomic E-state index is -0.409. The van der Waals surface area contributed by atoms with Gasteiger partial charge in [0.05, 0.1) is 0 Å². The van der Waals surface area contributed by atoms with Crippen LogP contribution in [0.2, 0.25) is 0 Å². The molecule has 0 aliphatic carbocycles. The van der Waals surface area contributed by atoms with Gasteiger partial charge in [-0.25, -0.2) is 0 Å². The Morgan fingerprint density at radius 2 is 1.04 bits per heavy atom. The van der Waals surface area contributed by atoms with Gasteiger partial charge in [-0.2, -0.15) is 4.99 Å². The first kappa shape index (κ1) is 16.3. The second-order valence-corrected chi connectivity index (χ2v) is 5.32. The number of aliphatic imine (C=N–C) groups is 1. The van der Waals surface area contributed by atoms with E-state index in [0.717, 1.165) is 0 Å². The predicted octanol–water partition coefficient (Wildman–Crippen LogP) is 3.70. The highest BCUT2D eigenvalue weighted by Gasteiger charge is 2.13. The van der Waals surface area contributed by atoms with E-state index in [1.807, 2.05) is 30.3 Å². The summed E-state index contributed by atoms with van der Waals surface area (Å²) in [7, 11) is 0. The van der Waals surface area contributed by atoms with Gasteiger partial charge in [0, 0.05) is 16.7 Å². The number of amides is 2. The van der Waals surface area contributed by atoms with Crippen LogP contribution in [-0.4, -0.2) is 17.6 Å². The molecule has 3 aromatic carbocycles. The van der Waals surface area contributed by atoms with Crippen molar-refractivity contribution >= 4 is 17.6 Å². The normalized spacial score (nSPS) is 11.0. The van der Waals surface area contributed by atoms with Crippen molar-refractivity contribution in [2.75, 3.05) is 0 Å². The Hall–Kier alpha value is -3.53. The van der Waals surface area contributed by atoms with Gasteiger partial charge in [-0.1, -0.05) is 66.7 Å². The first-order valence-electron chi connectivity index (χ1n) is 7.84. The molecular weight excluding hydrogens is 312 g/mol. The Morgan fingerprint density at radius 3 is 1.56 bits per heavy atom. The molecule has 3 aromatic rings. The summed E-state index contributed by atoms with van der Waals surface area (Å²) in [5.41, 5.74) is 1.62. The molecule has 0 saturated carbocycles. The minimum absolute atomic E-state index is 0.225. The quantitative estimate of drug-likeness (QED) is 0.589. The molecule has 0 saturated heterocycles.